The van der Waals surface area contributed by atoms with Gasteiger partial charge in [0, 0.05) is 16.6 Å². The summed E-state index contributed by atoms with van der Waals surface area (Å²) in [5.74, 6) is -0.705. The van der Waals surface area contributed by atoms with Gasteiger partial charge in [0.05, 0.1) is 18.2 Å². The van der Waals surface area contributed by atoms with E-state index in [9.17, 15) is 14.7 Å². The smallest absolute Gasteiger partial charge is 0.295 e. The molecule has 1 atom stereocenters. The number of ketones is 1. The van der Waals surface area contributed by atoms with E-state index in [-0.39, 0.29) is 11.3 Å². The van der Waals surface area contributed by atoms with E-state index < -0.39 is 17.7 Å². The third-order valence-electron chi connectivity index (χ3n) is 5.17. The van der Waals surface area contributed by atoms with Crippen molar-refractivity contribution in [3.63, 3.8) is 0 Å². The Morgan fingerprint density at radius 3 is 2.32 bits per heavy atom. The van der Waals surface area contributed by atoms with Gasteiger partial charge in [0.2, 0.25) is 0 Å². The van der Waals surface area contributed by atoms with Crippen LogP contribution >= 0.6 is 15.9 Å². The van der Waals surface area contributed by atoms with Crippen LogP contribution in [0.15, 0.2) is 58.6 Å². The van der Waals surface area contributed by atoms with Crippen molar-refractivity contribution in [2.24, 2.45) is 0 Å². The molecule has 7 heteroatoms. The molecule has 1 heterocycles. The van der Waals surface area contributed by atoms with E-state index in [0.29, 0.717) is 30.9 Å². The average Bonchev–Trinajstić information content (AvgIpc) is 2.99. The van der Waals surface area contributed by atoms with Crippen LogP contribution in [0.25, 0.3) is 5.76 Å². The molecule has 1 fully saturated rings. The van der Waals surface area contributed by atoms with Crippen LogP contribution < -0.4 is 4.74 Å². The van der Waals surface area contributed by atoms with Crippen molar-refractivity contribution in [3.8, 4) is 5.75 Å². The molecule has 0 bridgehead atoms. The number of amides is 1. The number of hydrogen-bond donors (Lipinski definition) is 1. The SMILES string of the molecule is CCOc1ccc([C@@H]2/C(=C(\O)c3ccc(Br)cc3)C(=O)C(=O)N2CCCN(C)C)cc1. The first kappa shape index (κ1) is 23.0. The predicted molar refractivity (Wildman–Crippen MR) is 124 cm³/mol. The molecule has 1 amide bonds. The molecule has 0 radical (unpaired) electrons. The van der Waals surface area contributed by atoms with Crippen LogP contribution in [0, 0.1) is 0 Å². The molecule has 0 spiro atoms. The van der Waals surface area contributed by atoms with E-state index in [4.69, 9.17) is 4.74 Å². The van der Waals surface area contributed by atoms with Gasteiger partial charge in [-0.3, -0.25) is 9.59 Å². The predicted octanol–water partition coefficient (Wildman–Crippen LogP) is 4.22. The number of Topliss-reactive ketones (excluding diaryl/α,β-unsaturated/α-hetero) is 1. The number of carbonyl (C=O) groups is 2. The normalized spacial score (nSPS) is 18.1. The lowest BCUT2D eigenvalue weighted by Gasteiger charge is -2.26. The minimum atomic E-state index is -0.663. The molecule has 1 aliphatic rings. The maximum Gasteiger partial charge on any atom is 0.295 e. The summed E-state index contributed by atoms with van der Waals surface area (Å²) in [7, 11) is 3.93. The number of nitrogens with zero attached hydrogens (tertiary/aromatic N) is 2. The van der Waals surface area contributed by atoms with Crippen molar-refractivity contribution in [1.29, 1.82) is 0 Å². The summed E-state index contributed by atoms with van der Waals surface area (Å²) in [6.07, 6.45) is 0.714. The highest BCUT2D eigenvalue weighted by atomic mass is 79.9. The molecule has 2 aromatic rings. The van der Waals surface area contributed by atoms with E-state index in [2.05, 4.69) is 15.9 Å². The van der Waals surface area contributed by atoms with Gasteiger partial charge in [-0.05, 0) is 63.8 Å². The Labute approximate surface area is 191 Å². The molecule has 1 aliphatic heterocycles. The minimum Gasteiger partial charge on any atom is -0.507 e. The zero-order chi connectivity index (χ0) is 22.5. The van der Waals surface area contributed by atoms with Crippen LogP contribution in [-0.2, 0) is 9.59 Å². The van der Waals surface area contributed by atoms with Crippen LogP contribution in [-0.4, -0.2) is 60.4 Å². The Hall–Kier alpha value is -2.64. The van der Waals surface area contributed by atoms with Crippen molar-refractivity contribution in [2.75, 3.05) is 33.8 Å². The first-order valence-electron chi connectivity index (χ1n) is 10.2. The first-order valence-corrected chi connectivity index (χ1v) is 11.0. The summed E-state index contributed by atoms with van der Waals surface area (Å²) in [5, 5.41) is 11.0. The molecule has 2 aromatic carbocycles. The van der Waals surface area contributed by atoms with Gasteiger partial charge >= 0.3 is 0 Å². The Balaban J connectivity index is 2.05. The number of aliphatic hydroxyl groups excluding tert-OH is 1. The second-order valence-electron chi connectivity index (χ2n) is 7.66. The molecule has 6 nitrogen and oxygen atoms in total. The van der Waals surface area contributed by atoms with Crippen LogP contribution in [0.5, 0.6) is 5.75 Å². The summed E-state index contributed by atoms with van der Waals surface area (Å²) in [4.78, 5) is 29.5. The van der Waals surface area contributed by atoms with Gasteiger partial charge in [0.1, 0.15) is 11.5 Å². The molecule has 0 unspecified atom stereocenters. The van der Waals surface area contributed by atoms with Crippen LogP contribution in [0.4, 0.5) is 0 Å². The summed E-state index contributed by atoms with van der Waals surface area (Å²) in [6.45, 7) is 3.65. The second-order valence-corrected chi connectivity index (χ2v) is 8.57. The topological polar surface area (TPSA) is 70.1 Å². The maximum absolute atomic E-state index is 13.0. The van der Waals surface area contributed by atoms with Crippen LogP contribution in [0.3, 0.4) is 0 Å². The molecule has 0 aromatic heterocycles. The summed E-state index contributed by atoms with van der Waals surface area (Å²) < 4.78 is 6.38. The fourth-order valence-corrected chi connectivity index (χ4v) is 3.96. The molecule has 164 valence electrons. The lowest BCUT2D eigenvalue weighted by molar-refractivity contribution is -0.139. The highest BCUT2D eigenvalue weighted by Crippen LogP contribution is 2.40. The zero-order valence-electron chi connectivity index (χ0n) is 18.0. The maximum atomic E-state index is 13.0. The van der Waals surface area contributed by atoms with Gasteiger partial charge in [-0.15, -0.1) is 0 Å². The van der Waals surface area contributed by atoms with E-state index >= 15 is 0 Å². The summed E-state index contributed by atoms with van der Waals surface area (Å²) >= 11 is 3.37. The third kappa shape index (κ3) is 5.17. The highest BCUT2D eigenvalue weighted by Gasteiger charge is 2.45. The van der Waals surface area contributed by atoms with E-state index in [1.165, 1.54) is 0 Å². The Kier molecular flexibility index (Phi) is 7.51. The third-order valence-corrected chi connectivity index (χ3v) is 5.70. The molecular weight excluding hydrogens is 460 g/mol. The first-order chi connectivity index (χ1) is 14.8. The Morgan fingerprint density at radius 1 is 1.10 bits per heavy atom. The largest absolute Gasteiger partial charge is 0.507 e. The van der Waals surface area contributed by atoms with Crippen LogP contribution in [0.2, 0.25) is 0 Å². The van der Waals surface area contributed by atoms with Crippen LogP contribution in [0.1, 0.15) is 30.5 Å². The van der Waals surface area contributed by atoms with Gasteiger partial charge in [-0.2, -0.15) is 0 Å². The fourth-order valence-electron chi connectivity index (χ4n) is 3.69. The monoisotopic (exact) mass is 486 g/mol. The van der Waals surface area contributed by atoms with Crippen molar-refractivity contribution in [2.45, 2.75) is 19.4 Å². The number of halogens is 1. The van der Waals surface area contributed by atoms with Crippen molar-refractivity contribution in [1.82, 2.24) is 9.80 Å². The standard InChI is InChI=1S/C24H27BrN2O4/c1-4-31-19-12-8-16(9-13-19)21-20(22(28)17-6-10-18(25)11-7-17)23(29)24(30)27(21)15-5-14-26(2)3/h6-13,21,28H,4-5,14-15H2,1-3H3/b22-20+/t21-/m1/s1. The summed E-state index contributed by atoms with van der Waals surface area (Å²) in [6, 6.07) is 13.7. The number of aliphatic hydroxyl groups is 1. The highest BCUT2D eigenvalue weighted by molar-refractivity contribution is 9.10. The second kappa shape index (κ2) is 10.1. The molecule has 0 saturated carbocycles. The van der Waals surface area contributed by atoms with Gasteiger partial charge < -0.3 is 19.6 Å². The molecule has 1 saturated heterocycles. The fraction of sp³-hybridized carbons (Fsp3) is 0.333. The van der Waals surface area contributed by atoms with Crippen molar-refractivity contribution < 1.29 is 19.4 Å². The molecular formula is C24H27BrN2O4. The summed E-state index contributed by atoms with van der Waals surface area (Å²) in [5.41, 5.74) is 1.36. The average molecular weight is 487 g/mol. The lowest BCUT2D eigenvalue weighted by Crippen LogP contribution is -2.32. The van der Waals surface area contributed by atoms with Gasteiger partial charge in [-0.1, -0.05) is 40.2 Å². The Morgan fingerprint density at radius 2 is 1.74 bits per heavy atom. The number of benzene rings is 2. The minimum absolute atomic E-state index is 0.112. The number of ether oxygens (including phenoxy) is 1. The Bertz CT molecular complexity index is 968. The quantitative estimate of drug-likeness (QED) is 0.343. The number of hydrogen-bond acceptors (Lipinski definition) is 5. The van der Waals surface area contributed by atoms with Gasteiger partial charge in [0.25, 0.3) is 11.7 Å². The van der Waals surface area contributed by atoms with Crippen molar-refractivity contribution >= 4 is 33.4 Å². The van der Waals surface area contributed by atoms with E-state index in [1.807, 2.05) is 50.2 Å². The number of rotatable bonds is 8. The number of carbonyl (C=O) groups excluding carboxylic acids is 2. The van der Waals surface area contributed by atoms with Gasteiger partial charge in [-0.25, -0.2) is 0 Å². The number of likely N-dealkylation sites (tertiary alicyclic amines) is 1. The van der Waals surface area contributed by atoms with Gasteiger partial charge in [0.15, 0.2) is 0 Å². The lowest BCUT2D eigenvalue weighted by atomic mass is 9.95. The zero-order valence-corrected chi connectivity index (χ0v) is 19.6. The molecule has 3 rings (SSSR count). The molecule has 1 N–H and O–H groups in total. The molecule has 31 heavy (non-hydrogen) atoms. The van der Waals surface area contributed by atoms with E-state index in [1.54, 1.807) is 29.2 Å². The van der Waals surface area contributed by atoms with Crippen molar-refractivity contribution in [3.05, 3.63) is 69.7 Å². The molecule has 0 aliphatic carbocycles. The van der Waals surface area contributed by atoms with E-state index in [0.717, 1.165) is 16.6 Å².